The number of hydrogen-bond donors (Lipinski definition) is 1. The van der Waals surface area contributed by atoms with E-state index in [-0.39, 0.29) is 5.17 Å². The van der Waals surface area contributed by atoms with Gasteiger partial charge in [0.15, 0.2) is 0 Å². The Morgan fingerprint density at radius 1 is 1.43 bits per heavy atom. The molecular weight excluding hydrogens is 194 g/mol. The van der Waals surface area contributed by atoms with E-state index in [9.17, 15) is 0 Å². The van der Waals surface area contributed by atoms with Gasteiger partial charge in [-0.1, -0.05) is 31.5 Å². The van der Waals surface area contributed by atoms with Gasteiger partial charge in [0.1, 0.15) is 5.75 Å². The lowest BCUT2D eigenvalue weighted by molar-refractivity contribution is 0.546. The number of para-hydroxylation sites is 1. The van der Waals surface area contributed by atoms with Crippen LogP contribution in [0.15, 0.2) is 24.3 Å². The second-order valence-corrected chi connectivity index (χ2v) is 3.53. The molecule has 0 spiro atoms. The molecule has 0 fully saturated rings. The van der Waals surface area contributed by atoms with Crippen LogP contribution in [0.25, 0.3) is 0 Å². The standard InChI is InChI=1S/C11H15NOS/c1-2-3-6-9-7-4-5-8-10(9)13-11(12)14/h4-5,7-8H,2-3,6H2,1H3,(H2,12,14). The third-order valence-electron chi connectivity index (χ3n) is 1.98. The van der Waals surface area contributed by atoms with Gasteiger partial charge in [-0.25, -0.2) is 0 Å². The van der Waals surface area contributed by atoms with Gasteiger partial charge in [0, 0.05) is 0 Å². The summed E-state index contributed by atoms with van der Waals surface area (Å²) in [5, 5.41) is 0.0777. The number of ether oxygens (including phenoxy) is 1. The molecule has 1 rings (SSSR count). The first-order valence-corrected chi connectivity index (χ1v) is 5.20. The Kier molecular flexibility index (Phi) is 4.40. The molecule has 0 aliphatic rings. The predicted octanol–water partition coefficient (Wildman–Crippen LogP) is 2.65. The van der Waals surface area contributed by atoms with Crippen molar-refractivity contribution in [2.75, 3.05) is 0 Å². The van der Waals surface area contributed by atoms with E-state index in [1.807, 2.05) is 24.3 Å². The Labute approximate surface area is 90.1 Å². The summed E-state index contributed by atoms with van der Waals surface area (Å²) >= 11 is 4.71. The molecule has 1 aromatic rings. The first-order chi connectivity index (χ1) is 6.74. The lowest BCUT2D eigenvalue weighted by atomic mass is 10.1. The molecule has 0 atom stereocenters. The molecule has 3 heteroatoms. The van der Waals surface area contributed by atoms with Crippen LogP contribution in [0.4, 0.5) is 0 Å². The minimum absolute atomic E-state index is 0.0777. The zero-order valence-corrected chi connectivity index (χ0v) is 9.14. The number of benzene rings is 1. The zero-order valence-electron chi connectivity index (χ0n) is 8.32. The molecule has 0 amide bonds. The lowest BCUT2D eigenvalue weighted by Gasteiger charge is -2.08. The van der Waals surface area contributed by atoms with Crippen molar-refractivity contribution in [3.8, 4) is 5.75 Å². The molecule has 2 nitrogen and oxygen atoms in total. The normalized spacial score (nSPS) is 9.79. The van der Waals surface area contributed by atoms with Crippen molar-refractivity contribution in [2.24, 2.45) is 5.73 Å². The second-order valence-electron chi connectivity index (χ2n) is 3.13. The lowest BCUT2D eigenvalue weighted by Crippen LogP contribution is -2.16. The van der Waals surface area contributed by atoms with Crippen LogP contribution in [0.3, 0.4) is 0 Å². The quantitative estimate of drug-likeness (QED) is 0.774. The van der Waals surface area contributed by atoms with E-state index in [0.717, 1.165) is 18.6 Å². The molecule has 0 aliphatic carbocycles. The van der Waals surface area contributed by atoms with Crippen LogP contribution >= 0.6 is 12.2 Å². The first-order valence-electron chi connectivity index (χ1n) is 4.79. The molecule has 0 bridgehead atoms. The molecule has 0 aliphatic heterocycles. The highest BCUT2D eigenvalue weighted by atomic mass is 32.1. The number of hydrogen-bond acceptors (Lipinski definition) is 2. The average molecular weight is 209 g/mol. The minimum atomic E-state index is 0.0777. The maximum Gasteiger partial charge on any atom is 0.259 e. The van der Waals surface area contributed by atoms with Crippen LogP contribution in [0.2, 0.25) is 0 Å². The van der Waals surface area contributed by atoms with Gasteiger partial charge in [-0.15, -0.1) is 0 Å². The molecule has 14 heavy (non-hydrogen) atoms. The SMILES string of the molecule is CCCCc1ccccc1OC(N)=S. The van der Waals surface area contributed by atoms with Crippen molar-refractivity contribution in [1.29, 1.82) is 0 Å². The van der Waals surface area contributed by atoms with Crippen LogP contribution < -0.4 is 10.5 Å². The van der Waals surface area contributed by atoms with Gasteiger partial charge >= 0.3 is 0 Å². The Bertz CT molecular complexity index is 312. The zero-order chi connectivity index (χ0) is 10.4. The van der Waals surface area contributed by atoms with Gasteiger partial charge in [-0.2, -0.15) is 0 Å². The highest BCUT2D eigenvalue weighted by Gasteiger charge is 2.02. The Morgan fingerprint density at radius 2 is 2.14 bits per heavy atom. The molecule has 0 radical (unpaired) electrons. The second kappa shape index (κ2) is 5.60. The highest BCUT2D eigenvalue weighted by molar-refractivity contribution is 7.80. The summed E-state index contributed by atoms with van der Waals surface area (Å²) in [7, 11) is 0. The van der Waals surface area contributed by atoms with E-state index < -0.39 is 0 Å². The molecule has 2 N–H and O–H groups in total. The van der Waals surface area contributed by atoms with Crippen molar-refractivity contribution in [2.45, 2.75) is 26.2 Å². The Hall–Kier alpha value is -1.09. The maximum absolute atomic E-state index is 5.33. The van der Waals surface area contributed by atoms with Gasteiger partial charge in [0.2, 0.25) is 0 Å². The third-order valence-corrected chi connectivity index (χ3v) is 2.07. The molecule has 0 aromatic heterocycles. The summed E-state index contributed by atoms with van der Waals surface area (Å²) in [6, 6.07) is 7.86. The van der Waals surface area contributed by atoms with E-state index in [4.69, 9.17) is 22.7 Å². The van der Waals surface area contributed by atoms with E-state index >= 15 is 0 Å². The highest BCUT2D eigenvalue weighted by Crippen LogP contribution is 2.19. The van der Waals surface area contributed by atoms with Crippen molar-refractivity contribution >= 4 is 17.4 Å². The van der Waals surface area contributed by atoms with E-state index in [1.54, 1.807) is 0 Å². The van der Waals surface area contributed by atoms with Crippen molar-refractivity contribution in [1.82, 2.24) is 0 Å². The summed E-state index contributed by atoms with van der Waals surface area (Å²) in [6.45, 7) is 2.16. The topological polar surface area (TPSA) is 35.2 Å². The van der Waals surface area contributed by atoms with E-state index in [1.165, 1.54) is 12.0 Å². The van der Waals surface area contributed by atoms with Crippen LogP contribution in [-0.2, 0) is 6.42 Å². The number of thiocarbonyl (C=S) groups is 1. The fourth-order valence-electron chi connectivity index (χ4n) is 1.29. The fourth-order valence-corrected chi connectivity index (χ4v) is 1.38. The van der Waals surface area contributed by atoms with Gasteiger partial charge in [-0.05, 0) is 36.7 Å². The molecule has 0 heterocycles. The Morgan fingerprint density at radius 3 is 2.79 bits per heavy atom. The minimum Gasteiger partial charge on any atom is -0.432 e. The molecular formula is C11H15NOS. The molecule has 76 valence electrons. The fraction of sp³-hybridized carbons (Fsp3) is 0.364. The Balaban J connectivity index is 2.74. The smallest absolute Gasteiger partial charge is 0.259 e. The monoisotopic (exact) mass is 209 g/mol. The van der Waals surface area contributed by atoms with Crippen molar-refractivity contribution in [3.05, 3.63) is 29.8 Å². The largest absolute Gasteiger partial charge is 0.432 e. The number of rotatable bonds is 4. The van der Waals surface area contributed by atoms with E-state index in [2.05, 4.69) is 6.92 Å². The van der Waals surface area contributed by atoms with Crippen LogP contribution in [-0.4, -0.2) is 5.17 Å². The molecule has 0 unspecified atom stereocenters. The predicted molar refractivity (Wildman–Crippen MR) is 62.5 cm³/mol. The first kappa shape index (κ1) is 11.0. The van der Waals surface area contributed by atoms with Gasteiger partial charge in [0.25, 0.3) is 5.17 Å². The summed E-state index contributed by atoms with van der Waals surface area (Å²) in [5.41, 5.74) is 6.50. The van der Waals surface area contributed by atoms with Crippen LogP contribution in [0.1, 0.15) is 25.3 Å². The van der Waals surface area contributed by atoms with Crippen molar-refractivity contribution < 1.29 is 4.74 Å². The number of unbranched alkanes of at least 4 members (excludes halogenated alkanes) is 1. The maximum atomic E-state index is 5.33. The van der Waals surface area contributed by atoms with Gasteiger partial charge < -0.3 is 10.5 Å². The average Bonchev–Trinajstić information content (AvgIpc) is 2.16. The summed E-state index contributed by atoms with van der Waals surface area (Å²) in [6.07, 6.45) is 3.33. The van der Waals surface area contributed by atoms with Crippen molar-refractivity contribution in [3.63, 3.8) is 0 Å². The molecule has 1 aromatic carbocycles. The van der Waals surface area contributed by atoms with E-state index in [0.29, 0.717) is 0 Å². The van der Waals surface area contributed by atoms with Gasteiger partial charge in [0.05, 0.1) is 0 Å². The van der Waals surface area contributed by atoms with Gasteiger partial charge in [-0.3, -0.25) is 0 Å². The summed E-state index contributed by atoms with van der Waals surface area (Å²) in [5.74, 6) is 0.786. The molecule has 0 saturated heterocycles. The molecule has 0 saturated carbocycles. The van der Waals surface area contributed by atoms with Crippen LogP contribution in [0, 0.1) is 0 Å². The third kappa shape index (κ3) is 3.34. The number of nitrogens with two attached hydrogens (primary N) is 1. The number of aryl methyl sites for hydroxylation is 1. The summed E-state index contributed by atoms with van der Waals surface area (Å²) in [4.78, 5) is 0. The summed E-state index contributed by atoms with van der Waals surface area (Å²) < 4.78 is 5.25. The van der Waals surface area contributed by atoms with Crippen LogP contribution in [0.5, 0.6) is 5.75 Å².